The topological polar surface area (TPSA) is 15.6 Å². The van der Waals surface area contributed by atoms with E-state index in [0.29, 0.717) is 6.04 Å². The molecule has 1 fully saturated rings. The Balaban J connectivity index is 1.97. The molecule has 1 heterocycles. The Morgan fingerprint density at radius 3 is 2.46 bits per heavy atom. The van der Waals surface area contributed by atoms with Crippen molar-refractivity contribution >= 4 is 17.0 Å². The standard InChI is InChI=1S/C22H30N2/c1-13(2)23-16(5)15(4)20-10-14(3)22-18(7)24(12-21(22)11-20)17(6)19-8-9-19/h10-11,17,19H,7-9,12H2,1-6H3/b16-15+. The van der Waals surface area contributed by atoms with Gasteiger partial charge in [0.2, 0.25) is 0 Å². The van der Waals surface area contributed by atoms with Gasteiger partial charge >= 0.3 is 0 Å². The molecule has 0 N–H and O–H groups in total. The van der Waals surface area contributed by atoms with E-state index in [0.717, 1.165) is 23.9 Å². The zero-order valence-corrected chi connectivity index (χ0v) is 16.0. The summed E-state index contributed by atoms with van der Waals surface area (Å²) in [5, 5.41) is 0. The van der Waals surface area contributed by atoms with E-state index in [9.17, 15) is 0 Å². The molecule has 0 spiro atoms. The van der Waals surface area contributed by atoms with Crippen molar-refractivity contribution in [2.24, 2.45) is 10.9 Å². The van der Waals surface area contributed by atoms with Gasteiger partial charge in [-0.2, -0.15) is 0 Å². The van der Waals surface area contributed by atoms with Gasteiger partial charge in [0.1, 0.15) is 0 Å². The van der Waals surface area contributed by atoms with Gasteiger partial charge in [0, 0.05) is 35.3 Å². The Labute approximate surface area is 147 Å². The number of aryl methyl sites for hydroxylation is 1. The van der Waals surface area contributed by atoms with Crippen LogP contribution < -0.4 is 0 Å². The number of aliphatic imine (C=N–C) groups is 1. The third-order valence-electron chi connectivity index (χ3n) is 5.56. The highest BCUT2D eigenvalue weighted by Gasteiger charge is 2.36. The van der Waals surface area contributed by atoms with Crippen LogP contribution in [0.5, 0.6) is 0 Å². The Hall–Kier alpha value is -1.83. The van der Waals surface area contributed by atoms with Crippen LogP contribution in [0.25, 0.3) is 11.3 Å². The largest absolute Gasteiger partial charge is 0.364 e. The second-order valence-electron chi connectivity index (χ2n) is 7.75. The summed E-state index contributed by atoms with van der Waals surface area (Å²) < 4.78 is 0. The number of hydrogen-bond donors (Lipinski definition) is 0. The number of hydrogen-bond acceptors (Lipinski definition) is 2. The molecule has 1 aliphatic heterocycles. The van der Waals surface area contributed by atoms with Crippen LogP contribution in [0, 0.1) is 12.8 Å². The van der Waals surface area contributed by atoms with Crippen molar-refractivity contribution in [2.45, 2.75) is 67.0 Å². The van der Waals surface area contributed by atoms with Crippen LogP contribution in [-0.4, -0.2) is 16.7 Å². The van der Waals surface area contributed by atoms with Gasteiger partial charge in [0.25, 0.3) is 0 Å². The Bertz CT molecular complexity index is 743. The molecule has 1 unspecified atom stereocenters. The Morgan fingerprint density at radius 1 is 1.21 bits per heavy atom. The fourth-order valence-electron chi connectivity index (χ4n) is 3.89. The first-order chi connectivity index (χ1) is 11.3. The molecule has 2 heteroatoms. The zero-order chi connectivity index (χ0) is 17.6. The van der Waals surface area contributed by atoms with Gasteiger partial charge in [-0.15, -0.1) is 0 Å². The zero-order valence-electron chi connectivity index (χ0n) is 16.0. The monoisotopic (exact) mass is 322 g/mol. The second kappa shape index (κ2) is 6.23. The summed E-state index contributed by atoms with van der Waals surface area (Å²) in [6.45, 7) is 18.4. The molecule has 2 nitrogen and oxygen atoms in total. The van der Waals surface area contributed by atoms with E-state index in [1.807, 2.05) is 13.8 Å². The average molecular weight is 322 g/mol. The van der Waals surface area contributed by atoms with Crippen molar-refractivity contribution in [3.63, 3.8) is 0 Å². The summed E-state index contributed by atoms with van der Waals surface area (Å²) in [4.78, 5) is 7.15. The lowest BCUT2D eigenvalue weighted by Gasteiger charge is -2.27. The van der Waals surface area contributed by atoms with Crippen LogP contribution in [0.3, 0.4) is 0 Å². The molecule has 128 valence electrons. The molecule has 0 aromatic heterocycles. The van der Waals surface area contributed by atoms with Gasteiger partial charge in [0.15, 0.2) is 0 Å². The summed E-state index contributed by atoms with van der Waals surface area (Å²) in [5.74, 6) is 0.863. The lowest BCUT2D eigenvalue weighted by Crippen LogP contribution is -2.28. The first-order valence-electron chi connectivity index (χ1n) is 9.08. The molecule has 0 saturated heterocycles. The third-order valence-corrected chi connectivity index (χ3v) is 5.56. The molecule has 1 aliphatic carbocycles. The van der Waals surface area contributed by atoms with Crippen LogP contribution in [0.2, 0.25) is 0 Å². The van der Waals surface area contributed by atoms with Crippen molar-refractivity contribution in [3.05, 3.63) is 46.7 Å². The molecule has 0 amide bonds. The third kappa shape index (κ3) is 3.07. The van der Waals surface area contributed by atoms with Gasteiger partial charge in [-0.25, -0.2) is 0 Å². The quantitative estimate of drug-likeness (QED) is 0.638. The van der Waals surface area contributed by atoms with E-state index in [4.69, 9.17) is 0 Å². The minimum Gasteiger partial charge on any atom is -0.364 e. The molecule has 1 aromatic rings. The highest BCUT2D eigenvalue weighted by Crippen LogP contribution is 2.43. The summed E-state index contributed by atoms with van der Waals surface area (Å²) in [7, 11) is 0. The SMILES string of the molecule is C=C1c2c(C)cc(/C(C)=C(\C)N=C(C)C)cc2CN1C(C)C1CC1. The second-order valence-corrected chi connectivity index (χ2v) is 7.75. The molecule has 1 saturated carbocycles. The molecule has 0 bridgehead atoms. The molecule has 0 radical (unpaired) electrons. The van der Waals surface area contributed by atoms with E-state index in [-0.39, 0.29) is 0 Å². The van der Waals surface area contributed by atoms with Crippen molar-refractivity contribution in [1.82, 2.24) is 4.90 Å². The van der Waals surface area contributed by atoms with Crippen LogP contribution >= 0.6 is 0 Å². The average Bonchev–Trinajstić information content (AvgIpc) is 3.29. The molecule has 24 heavy (non-hydrogen) atoms. The predicted molar refractivity (Wildman–Crippen MR) is 105 cm³/mol. The van der Waals surface area contributed by atoms with E-state index in [2.05, 4.69) is 56.3 Å². The van der Waals surface area contributed by atoms with Gasteiger partial charge < -0.3 is 4.90 Å². The van der Waals surface area contributed by atoms with Crippen molar-refractivity contribution in [2.75, 3.05) is 0 Å². The van der Waals surface area contributed by atoms with Gasteiger partial charge in [0.05, 0.1) is 0 Å². The summed E-state index contributed by atoms with van der Waals surface area (Å²) >= 11 is 0. The smallest absolute Gasteiger partial charge is 0.0439 e. The van der Waals surface area contributed by atoms with Crippen molar-refractivity contribution in [3.8, 4) is 0 Å². The molecular weight excluding hydrogens is 292 g/mol. The number of benzene rings is 1. The molecule has 1 atom stereocenters. The van der Waals surface area contributed by atoms with Crippen molar-refractivity contribution in [1.29, 1.82) is 0 Å². The fraction of sp³-hybridized carbons (Fsp3) is 0.500. The maximum Gasteiger partial charge on any atom is 0.0439 e. The van der Waals surface area contributed by atoms with Crippen molar-refractivity contribution < 1.29 is 0 Å². The molecular formula is C22H30N2. The molecule has 1 aromatic carbocycles. The molecule has 2 aliphatic rings. The minimum atomic E-state index is 0.610. The summed E-state index contributed by atoms with van der Waals surface area (Å²) in [6, 6.07) is 5.26. The van der Waals surface area contributed by atoms with E-state index in [1.54, 1.807) is 0 Å². The number of nitrogens with zero attached hydrogens (tertiary/aromatic N) is 2. The van der Waals surface area contributed by atoms with Crippen LogP contribution in [0.4, 0.5) is 0 Å². The van der Waals surface area contributed by atoms with Crippen LogP contribution in [0.1, 0.15) is 69.7 Å². The Kier molecular flexibility index (Phi) is 4.42. The lowest BCUT2D eigenvalue weighted by atomic mass is 9.95. The lowest BCUT2D eigenvalue weighted by molar-refractivity contribution is 0.290. The first-order valence-corrected chi connectivity index (χ1v) is 9.08. The molecule has 3 rings (SSSR count). The maximum atomic E-state index is 4.63. The highest BCUT2D eigenvalue weighted by molar-refractivity contribution is 5.82. The summed E-state index contributed by atoms with van der Waals surface area (Å²) in [5.41, 5.74) is 10.1. The predicted octanol–water partition coefficient (Wildman–Crippen LogP) is 5.81. The van der Waals surface area contributed by atoms with Gasteiger partial charge in [-0.05, 0) is 88.6 Å². The normalized spacial score (nSPS) is 19.1. The number of allylic oxidation sites excluding steroid dienone is 2. The number of fused-ring (bicyclic) bond motifs is 1. The van der Waals surface area contributed by atoms with Crippen LogP contribution in [0.15, 0.2) is 29.4 Å². The maximum absolute atomic E-state index is 4.63. The Morgan fingerprint density at radius 2 is 1.88 bits per heavy atom. The first kappa shape index (κ1) is 17.0. The van der Waals surface area contributed by atoms with E-state index >= 15 is 0 Å². The number of rotatable bonds is 4. The van der Waals surface area contributed by atoms with E-state index < -0.39 is 0 Å². The van der Waals surface area contributed by atoms with Gasteiger partial charge in [-0.3, -0.25) is 4.99 Å². The summed E-state index contributed by atoms with van der Waals surface area (Å²) in [6.07, 6.45) is 2.75. The van der Waals surface area contributed by atoms with Gasteiger partial charge in [-0.1, -0.05) is 12.6 Å². The highest BCUT2D eigenvalue weighted by atomic mass is 15.2. The van der Waals surface area contributed by atoms with Crippen LogP contribution in [-0.2, 0) is 6.54 Å². The van der Waals surface area contributed by atoms with E-state index in [1.165, 1.54) is 46.4 Å². The minimum absolute atomic E-state index is 0.610. The fourth-order valence-corrected chi connectivity index (χ4v) is 3.89.